The quantitative estimate of drug-likeness (QED) is 0.690. The van der Waals surface area contributed by atoms with E-state index in [4.69, 9.17) is 0 Å². The van der Waals surface area contributed by atoms with Crippen LogP contribution < -0.4 is 10.0 Å². The van der Waals surface area contributed by atoms with Crippen molar-refractivity contribution >= 4 is 21.4 Å². The molecule has 110 valence electrons. The molecule has 6 heteroatoms. The van der Waals surface area contributed by atoms with Gasteiger partial charge < -0.3 is 5.32 Å². The zero-order valence-electron chi connectivity index (χ0n) is 11.9. The molecule has 1 aromatic heterocycles. The average Bonchev–Trinajstić information content (AvgIpc) is 2.86. The molecule has 0 unspecified atom stereocenters. The Morgan fingerprint density at radius 3 is 2.53 bits per heavy atom. The Bertz CT molecular complexity index is 465. The normalized spacial score (nSPS) is 12.2. The first kappa shape index (κ1) is 16.6. The van der Waals surface area contributed by atoms with Gasteiger partial charge in [-0.1, -0.05) is 20.8 Å². The van der Waals surface area contributed by atoms with E-state index in [-0.39, 0.29) is 6.04 Å². The maximum Gasteiger partial charge on any atom is 0.241 e. The summed E-state index contributed by atoms with van der Waals surface area (Å²) in [6.45, 7) is 7.77. The van der Waals surface area contributed by atoms with Crippen molar-refractivity contribution in [2.75, 3.05) is 6.54 Å². The minimum atomic E-state index is -3.36. The fraction of sp³-hybridized carbons (Fsp3) is 0.692. The van der Waals surface area contributed by atoms with Gasteiger partial charge in [-0.25, -0.2) is 13.1 Å². The van der Waals surface area contributed by atoms with Crippen LogP contribution >= 0.6 is 11.3 Å². The summed E-state index contributed by atoms with van der Waals surface area (Å²) in [5.41, 5.74) is 0. The minimum Gasteiger partial charge on any atom is -0.312 e. The fourth-order valence-electron chi connectivity index (χ4n) is 1.73. The zero-order valence-corrected chi connectivity index (χ0v) is 13.5. The highest BCUT2D eigenvalue weighted by Crippen LogP contribution is 2.19. The number of thiophene rings is 1. The van der Waals surface area contributed by atoms with Gasteiger partial charge in [0.25, 0.3) is 0 Å². The molecule has 0 radical (unpaired) electrons. The van der Waals surface area contributed by atoms with Gasteiger partial charge in [0.05, 0.1) is 4.90 Å². The fourth-order valence-corrected chi connectivity index (χ4v) is 4.37. The Morgan fingerprint density at radius 2 is 1.95 bits per heavy atom. The molecule has 0 fully saturated rings. The van der Waals surface area contributed by atoms with Crippen LogP contribution in [0, 0.1) is 0 Å². The molecule has 0 spiro atoms. The van der Waals surface area contributed by atoms with Gasteiger partial charge in [-0.3, -0.25) is 0 Å². The van der Waals surface area contributed by atoms with Crippen LogP contribution in [0.1, 0.15) is 44.9 Å². The first-order chi connectivity index (χ1) is 9.03. The molecule has 0 saturated heterocycles. The molecule has 2 N–H and O–H groups in total. The maximum atomic E-state index is 12.2. The maximum absolute atomic E-state index is 12.2. The first-order valence-electron chi connectivity index (χ1n) is 6.83. The van der Waals surface area contributed by atoms with Crippen molar-refractivity contribution < 1.29 is 8.42 Å². The highest BCUT2D eigenvalue weighted by atomic mass is 32.2. The molecule has 0 bridgehead atoms. The van der Waals surface area contributed by atoms with Gasteiger partial charge in [0.15, 0.2) is 0 Å². The summed E-state index contributed by atoms with van der Waals surface area (Å²) in [5.74, 6) is 0. The third kappa shape index (κ3) is 5.22. The average molecular weight is 304 g/mol. The second-order valence-electron chi connectivity index (χ2n) is 4.56. The largest absolute Gasteiger partial charge is 0.312 e. The smallest absolute Gasteiger partial charge is 0.241 e. The van der Waals surface area contributed by atoms with Crippen LogP contribution in [0.25, 0.3) is 0 Å². The number of hydrogen-bond donors (Lipinski definition) is 2. The van der Waals surface area contributed by atoms with Crippen LogP contribution in [0.2, 0.25) is 0 Å². The number of sulfonamides is 1. The lowest BCUT2D eigenvalue weighted by Gasteiger charge is -2.13. The van der Waals surface area contributed by atoms with E-state index in [1.165, 1.54) is 11.3 Å². The molecule has 1 aromatic rings. The van der Waals surface area contributed by atoms with E-state index < -0.39 is 10.0 Å². The highest BCUT2D eigenvalue weighted by molar-refractivity contribution is 7.89. The van der Waals surface area contributed by atoms with Crippen molar-refractivity contribution in [3.63, 3.8) is 0 Å². The molecule has 1 heterocycles. The minimum absolute atomic E-state index is 0.0200. The predicted molar refractivity (Wildman–Crippen MR) is 81.0 cm³/mol. The number of nitrogens with one attached hydrogen (secondary N) is 2. The third-order valence-electron chi connectivity index (χ3n) is 2.97. The van der Waals surface area contributed by atoms with Crippen LogP contribution in [0.5, 0.6) is 0 Å². The molecular formula is C13H24N2O2S2. The van der Waals surface area contributed by atoms with Gasteiger partial charge in [-0.2, -0.15) is 0 Å². The molecule has 0 saturated carbocycles. The molecule has 0 aliphatic rings. The second-order valence-corrected chi connectivity index (χ2v) is 7.27. The summed E-state index contributed by atoms with van der Waals surface area (Å²) in [4.78, 5) is 1.44. The second kappa shape index (κ2) is 7.99. The van der Waals surface area contributed by atoms with Crippen LogP contribution in [-0.4, -0.2) is 21.0 Å². The Morgan fingerprint density at radius 1 is 1.26 bits per heavy atom. The Kier molecular flexibility index (Phi) is 6.99. The highest BCUT2D eigenvalue weighted by Gasteiger charge is 2.19. The molecule has 4 nitrogen and oxygen atoms in total. The van der Waals surface area contributed by atoms with Crippen LogP contribution in [0.4, 0.5) is 0 Å². The van der Waals surface area contributed by atoms with Crippen molar-refractivity contribution in [3.05, 3.63) is 16.3 Å². The van der Waals surface area contributed by atoms with Crippen LogP contribution in [0.15, 0.2) is 16.3 Å². The summed E-state index contributed by atoms with van der Waals surface area (Å²) in [7, 11) is -3.36. The van der Waals surface area contributed by atoms with Gasteiger partial charge in [0.1, 0.15) is 0 Å². The van der Waals surface area contributed by atoms with E-state index in [1.54, 1.807) is 11.4 Å². The lowest BCUT2D eigenvalue weighted by Crippen LogP contribution is -2.33. The van der Waals surface area contributed by atoms with Crippen molar-refractivity contribution in [2.24, 2.45) is 0 Å². The van der Waals surface area contributed by atoms with Crippen molar-refractivity contribution in [1.29, 1.82) is 0 Å². The van der Waals surface area contributed by atoms with Gasteiger partial charge in [-0.05, 0) is 31.9 Å². The molecule has 0 aliphatic heterocycles. The zero-order chi connectivity index (χ0) is 14.3. The summed E-state index contributed by atoms with van der Waals surface area (Å²) < 4.78 is 27.1. The van der Waals surface area contributed by atoms with Gasteiger partial charge in [0.2, 0.25) is 10.0 Å². The monoisotopic (exact) mass is 304 g/mol. The Balaban J connectivity index is 2.68. The van der Waals surface area contributed by atoms with Crippen LogP contribution in [0.3, 0.4) is 0 Å². The lowest BCUT2D eigenvalue weighted by atomic mass is 10.2. The topological polar surface area (TPSA) is 58.2 Å². The molecule has 0 atom stereocenters. The van der Waals surface area contributed by atoms with E-state index in [0.29, 0.717) is 4.90 Å². The molecule has 19 heavy (non-hydrogen) atoms. The van der Waals surface area contributed by atoms with E-state index in [0.717, 1.165) is 37.2 Å². The SMILES string of the molecule is CCCNCc1cc(S(=O)(=O)NC(CC)CC)cs1. The van der Waals surface area contributed by atoms with E-state index in [1.807, 2.05) is 13.8 Å². The number of hydrogen-bond acceptors (Lipinski definition) is 4. The summed E-state index contributed by atoms with van der Waals surface area (Å²) >= 11 is 1.49. The predicted octanol–water partition coefficient (Wildman–Crippen LogP) is 2.71. The molecule has 1 rings (SSSR count). The Hall–Kier alpha value is -0.430. The summed E-state index contributed by atoms with van der Waals surface area (Å²) in [6.07, 6.45) is 2.70. The summed E-state index contributed by atoms with van der Waals surface area (Å²) in [5, 5.41) is 4.99. The van der Waals surface area contributed by atoms with Gasteiger partial charge >= 0.3 is 0 Å². The van der Waals surface area contributed by atoms with E-state index in [2.05, 4.69) is 17.0 Å². The van der Waals surface area contributed by atoms with Crippen molar-refractivity contribution in [2.45, 2.75) is 57.5 Å². The number of rotatable bonds is 9. The standard InChI is InChI=1S/C13H24N2O2S2/c1-4-7-14-9-12-8-13(10-18-12)19(16,17)15-11(5-2)6-3/h8,10-11,14-15H,4-7,9H2,1-3H3. The molecule has 0 aromatic carbocycles. The molecule has 0 aliphatic carbocycles. The van der Waals surface area contributed by atoms with Crippen molar-refractivity contribution in [3.8, 4) is 0 Å². The van der Waals surface area contributed by atoms with Crippen molar-refractivity contribution in [1.82, 2.24) is 10.0 Å². The van der Waals surface area contributed by atoms with E-state index >= 15 is 0 Å². The van der Waals surface area contributed by atoms with E-state index in [9.17, 15) is 8.42 Å². The lowest BCUT2D eigenvalue weighted by molar-refractivity contribution is 0.530. The van der Waals surface area contributed by atoms with Crippen LogP contribution in [-0.2, 0) is 16.6 Å². The van der Waals surface area contributed by atoms with Gasteiger partial charge in [0, 0.05) is 22.8 Å². The first-order valence-corrected chi connectivity index (χ1v) is 9.20. The van der Waals surface area contributed by atoms with Gasteiger partial charge in [-0.15, -0.1) is 11.3 Å². The third-order valence-corrected chi connectivity index (χ3v) is 5.56. The molecular weight excluding hydrogens is 280 g/mol. The summed E-state index contributed by atoms with van der Waals surface area (Å²) in [6, 6.07) is 1.78. The molecule has 0 amide bonds. The Labute approximate surface area is 120 Å².